The van der Waals surface area contributed by atoms with Crippen molar-refractivity contribution in [1.82, 2.24) is 0 Å². The highest BCUT2D eigenvalue weighted by Gasteiger charge is 1.94. The number of aliphatic hydroxyl groups is 1. The normalized spacial score (nSPS) is 11.0. The highest BCUT2D eigenvalue weighted by atomic mass is 16.5. The third-order valence-corrected chi connectivity index (χ3v) is 1.53. The van der Waals surface area contributed by atoms with Crippen molar-refractivity contribution in [3.05, 3.63) is 35.6 Å². The molecule has 1 aromatic carbocycles. The number of rotatable bonds is 3. The number of aldehydes is 1. The first-order chi connectivity index (χ1) is 6.26. The lowest BCUT2D eigenvalue weighted by Gasteiger charge is -1.99. The van der Waals surface area contributed by atoms with Crippen LogP contribution in [0.4, 0.5) is 0 Å². The monoisotopic (exact) mass is 178 g/mol. The predicted octanol–water partition coefficient (Wildman–Crippen LogP) is 1.79. The van der Waals surface area contributed by atoms with Crippen LogP contribution >= 0.6 is 0 Å². The van der Waals surface area contributed by atoms with Gasteiger partial charge in [0.2, 0.25) is 0 Å². The molecular formula is C10H10O3. The van der Waals surface area contributed by atoms with Crippen LogP contribution in [0, 0.1) is 0 Å². The van der Waals surface area contributed by atoms with Gasteiger partial charge in [0.15, 0.2) is 12.0 Å². The number of ether oxygens (including phenoxy) is 1. The zero-order valence-electron chi connectivity index (χ0n) is 7.23. The summed E-state index contributed by atoms with van der Waals surface area (Å²) in [5.74, 6) is 0.390. The largest absolute Gasteiger partial charge is 0.505 e. The number of methoxy groups -OCH3 is 1. The topological polar surface area (TPSA) is 46.5 Å². The third kappa shape index (κ3) is 2.63. The van der Waals surface area contributed by atoms with Crippen LogP contribution in [0.25, 0.3) is 6.08 Å². The second-order valence-corrected chi connectivity index (χ2v) is 2.46. The van der Waals surface area contributed by atoms with Gasteiger partial charge in [0.1, 0.15) is 5.75 Å². The third-order valence-electron chi connectivity index (χ3n) is 1.53. The summed E-state index contributed by atoms with van der Waals surface area (Å²) in [7, 11) is 1.56. The van der Waals surface area contributed by atoms with E-state index in [4.69, 9.17) is 9.84 Å². The molecule has 0 saturated carbocycles. The Morgan fingerprint density at radius 1 is 1.54 bits per heavy atom. The zero-order valence-corrected chi connectivity index (χ0v) is 7.23. The first-order valence-electron chi connectivity index (χ1n) is 3.76. The summed E-state index contributed by atoms with van der Waals surface area (Å²) in [4.78, 5) is 10.1. The van der Waals surface area contributed by atoms with Crippen LogP contribution in [-0.4, -0.2) is 18.5 Å². The number of hydrogen-bond acceptors (Lipinski definition) is 3. The van der Waals surface area contributed by atoms with Gasteiger partial charge in [-0.3, -0.25) is 4.79 Å². The van der Waals surface area contributed by atoms with Gasteiger partial charge in [-0.1, -0.05) is 12.1 Å². The molecule has 1 rings (SSSR count). The molecule has 0 amide bonds. The van der Waals surface area contributed by atoms with E-state index in [9.17, 15) is 4.79 Å². The van der Waals surface area contributed by atoms with Gasteiger partial charge >= 0.3 is 0 Å². The van der Waals surface area contributed by atoms with E-state index in [2.05, 4.69) is 0 Å². The van der Waals surface area contributed by atoms with Gasteiger partial charge < -0.3 is 9.84 Å². The second kappa shape index (κ2) is 4.30. The Labute approximate surface area is 76.3 Å². The maximum atomic E-state index is 10.1. The molecular weight excluding hydrogens is 168 g/mol. The van der Waals surface area contributed by atoms with Crippen molar-refractivity contribution < 1.29 is 14.6 Å². The fourth-order valence-electron chi connectivity index (χ4n) is 0.936. The van der Waals surface area contributed by atoms with Gasteiger partial charge in [-0.05, 0) is 23.8 Å². The van der Waals surface area contributed by atoms with Crippen LogP contribution in [0.5, 0.6) is 5.75 Å². The average molecular weight is 178 g/mol. The summed E-state index contributed by atoms with van der Waals surface area (Å²) in [5, 5.41) is 8.93. The van der Waals surface area contributed by atoms with Crippen molar-refractivity contribution in [2.45, 2.75) is 0 Å². The molecule has 13 heavy (non-hydrogen) atoms. The Kier molecular flexibility index (Phi) is 3.09. The van der Waals surface area contributed by atoms with Crippen LogP contribution in [0.2, 0.25) is 0 Å². The van der Waals surface area contributed by atoms with Gasteiger partial charge in [-0.25, -0.2) is 0 Å². The molecule has 0 aliphatic carbocycles. The maximum Gasteiger partial charge on any atom is 0.184 e. The van der Waals surface area contributed by atoms with Gasteiger partial charge in [-0.15, -0.1) is 0 Å². The SMILES string of the molecule is COc1cccc(C=C(O)C=O)c1. The molecule has 0 heterocycles. The van der Waals surface area contributed by atoms with Gasteiger partial charge in [0, 0.05) is 0 Å². The first kappa shape index (κ1) is 9.32. The average Bonchev–Trinajstić information content (AvgIpc) is 2.18. The lowest BCUT2D eigenvalue weighted by molar-refractivity contribution is -0.106. The van der Waals surface area contributed by atoms with E-state index in [1.54, 1.807) is 31.4 Å². The number of aliphatic hydroxyl groups excluding tert-OH is 1. The highest BCUT2D eigenvalue weighted by Crippen LogP contribution is 2.14. The van der Waals surface area contributed by atoms with Crippen LogP contribution in [0.3, 0.4) is 0 Å². The van der Waals surface area contributed by atoms with E-state index in [0.717, 1.165) is 5.56 Å². The van der Waals surface area contributed by atoms with E-state index in [1.165, 1.54) is 6.08 Å². The maximum absolute atomic E-state index is 10.1. The zero-order chi connectivity index (χ0) is 9.68. The molecule has 3 nitrogen and oxygen atoms in total. The minimum atomic E-state index is -0.298. The first-order valence-corrected chi connectivity index (χ1v) is 3.76. The number of carbonyl (C=O) groups is 1. The van der Waals surface area contributed by atoms with Gasteiger partial charge in [-0.2, -0.15) is 0 Å². The summed E-state index contributed by atoms with van der Waals surface area (Å²) in [6.45, 7) is 0. The summed E-state index contributed by atoms with van der Waals surface area (Å²) in [6, 6.07) is 7.06. The van der Waals surface area contributed by atoms with Crippen molar-refractivity contribution in [3.63, 3.8) is 0 Å². The summed E-state index contributed by atoms with van der Waals surface area (Å²) >= 11 is 0. The number of carbonyl (C=O) groups excluding carboxylic acids is 1. The Bertz CT molecular complexity index is 329. The fraction of sp³-hybridized carbons (Fsp3) is 0.100. The molecule has 0 aliphatic heterocycles. The van der Waals surface area contributed by atoms with Crippen LogP contribution in [-0.2, 0) is 4.79 Å². The van der Waals surface area contributed by atoms with Crippen LogP contribution < -0.4 is 4.74 Å². The summed E-state index contributed by atoms with van der Waals surface area (Å²) in [6.07, 6.45) is 1.76. The van der Waals surface area contributed by atoms with E-state index in [0.29, 0.717) is 12.0 Å². The summed E-state index contributed by atoms with van der Waals surface area (Å²) in [5.41, 5.74) is 0.726. The molecule has 0 atom stereocenters. The molecule has 1 aromatic rings. The molecule has 68 valence electrons. The van der Waals surface area contributed by atoms with Gasteiger partial charge in [0.05, 0.1) is 7.11 Å². The van der Waals surface area contributed by atoms with E-state index in [1.807, 2.05) is 0 Å². The van der Waals surface area contributed by atoms with Crippen molar-refractivity contribution in [1.29, 1.82) is 0 Å². The Hall–Kier alpha value is -1.77. The molecule has 0 bridgehead atoms. The second-order valence-electron chi connectivity index (χ2n) is 2.46. The Morgan fingerprint density at radius 3 is 2.92 bits per heavy atom. The van der Waals surface area contributed by atoms with E-state index < -0.39 is 0 Å². The molecule has 0 aromatic heterocycles. The molecule has 3 heteroatoms. The van der Waals surface area contributed by atoms with E-state index >= 15 is 0 Å². The Morgan fingerprint density at radius 2 is 2.31 bits per heavy atom. The number of allylic oxidation sites excluding steroid dienone is 1. The summed E-state index contributed by atoms with van der Waals surface area (Å²) < 4.78 is 4.97. The van der Waals surface area contributed by atoms with Crippen molar-refractivity contribution >= 4 is 12.4 Å². The van der Waals surface area contributed by atoms with E-state index in [-0.39, 0.29) is 5.76 Å². The molecule has 0 radical (unpaired) electrons. The lowest BCUT2D eigenvalue weighted by atomic mass is 10.2. The smallest absolute Gasteiger partial charge is 0.184 e. The Balaban J connectivity index is 2.95. The van der Waals surface area contributed by atoms with Crippen LogP contribution in [0.1, 0.15) is 5.56 Å². The predicted molar refractivity (Wildman–Crippen MR) is 49.7 cm³/mol. The minimum absolute atomic E-state index is 0.298. The minimum Gasteiger partial charge on any atom is -0.505 e. The van der Waals surface area contributed by atoms with Crippen molar-refractivity contribution in [2.24, 2.45) is 0 Å². The molecule has 0 spiro atoms. The molecule has 0 fully saturated rings. The molecule has 0 unspecified atom stereocenters. The molecule has 0 saturated heterocycles. The van der Waals surface area contributed by atoms with Crippen LogP contribution in [0.15, 0.2) is 30.0 Å². The molecule has 1 N–H and O–H groups in total. The highest BCUT2D eigenvalue weighted by molar-refractivity contribution is 5.78. The van der Waals surface area contributed by atoms with Crippen molar-refractivity contribution in [2.75, 3.05) is 7.11 Å². The standard InChI is InChI=1S/C10H10O3/c1-13-10-4-2-3-8(6-10)5-9(12)7-11/h2-7,12H,1H3. The number of benzene rings is 1. The number of hydrogen-bond donors (Lipinski definition) is 1. The lowest BCUT2D eigenvalue weighted by Crippen LogP contribution is -1.84. The van der Waals surface area contributed by atoms with Crippen molar-refractivity contribution in [3.8, 4) is 5.75 Å². The van der Waals surface area contributed by atoms with Gasteiger partial charge in [0.25, 0.3) is 0 Å². The molecule has 0 aliphatic rings. The quantitative estimate of drug-likeness (QED) is 0.436. The fourth-order valence-corrected chi connectivity index (χ4v) is 0.936.